The van der Waals surface area contributed by atoms with E-state index in [0.717, 1.165) is 109 Å². The van der Waals surface area contributed by atoms with Crippen molar-refractivity contribution in [2.24, 2.45) is 0 Å². The van der Waals surface area contributed by atoms with E-state index in [1.807, 2.05) is 0 Å². The molecule has 0 heterocycles. The number of allylic oxidation sites excluding steroid dienone is 10. The second-order valence-electron chi connectivity index (χ2n) is 17.4. The van der Waals surface area contributed by atoms with Crippen LogP contribution in [-0.4, -0.2) is 37.2 Å². The van der Waals surface area contributed by atoms with Crippen molar-refractivity contribution in [3.8, 4) is 0 Å². The van der Waals surface area contributed by atoms with Gasteiger partial charge in [-0.15, -0.1) is 0 Å². The Bertz CT molecular complexity index is 1130. The fraction of sp³-hybridized carbons (Fsp3) is 0.768. The maximum absolute atomic E-state index is 12.8. The highest BCUT2D eigenvalue weighted by Gasteiger charge is 2.19. The quantitative estimate of drug-likeness (QED) is 0.0262. The lowest BCUT2D eigenvalue weighted by molar-refractivity contribution is -0.167. The van der Waals surface area contributed by atoms with E-state index in [1.54, 1.807) is 0 Å². The Kier molecular flexibility index (Phi) is 48.4. The summed E-state index contributed by atoms with van der Waals surface area (Å²) in [6.07, 6.45) is 62.0. The van der Waals surface area contributed by atoms with Crippen molar-refractivity contribution in [1.82, 2.24) is 0 Å². The minimum Gasteiger partial charge on any atom is -0.462 e. The SMILES string of the molecule is CC/C=C\C/C=C\C/C=C\C/C=C\C/C=C\CCCCCCCC(=O)OCC(COC(=O)CCCCCCCCCCCCC)OC(=O)CCCCCCCCCCCCCC. The molecule has 62 heavy (non-hydrogen) atoms. The fourth-order valence-electron chi connectivity index (χ4n) is 7.35. The molecule has 6 heteroatoms. The number of carbonyl (C=O) groups is 3. The van der Waals surface area contributed by atoms with Crippen molar-refractivity contribution in [1.29, 1.82) is 0 Å². The van der Waals surface area contributed by atoms with Gasteiger partial charge < -0.3 is 14.2 Å². The van der Waals surface area contributed by atoms with Crippen LogP contribution in [0.25, 0.3) is 0 Å². The highest BCUT2D eigenvalue weighted by Crippen LogP contribution is 2.15. The zero-order valence-electron chi connectivity index (χ0n) is 40.9. The summed E-state index contributed by atoms with van der Waals surface area (Å²) >= 11 is 0. The molecule has 0 amide bonds. The van der Waals surface area contributed by atoms with Crippen LogP contribution in [0.2, 0.25) is 0 Å². The molecule has 0 aliphatic heterocycles. The second-order valence-corrected chi connectivity index (χ2v) is 17.4. The van der Waals surface area contributed by atoms with E-state index < -0.39 is 6.10 Å². The van der Waals surface area contributed by atoms with Gasteiger partial charge in [0.05, 0.1) is 0 Å². The molecule has 1 atom stereocenters. The number of hydrogen-bond acceptors (Lipinski definition) is 6. The van der Waals surface area contributed by atoms with E-state index in [9.17, 15) is 14.4 Å². The third-order valence-corrected chi connectivity index (χ3v) is 11.3. The number of unbranched alkanes of at least 4 members (excludes halogenated alkanes) is 26. The van der Waals surface area contributed by atoms with Crippen LogP contribution in [0, 0.1) is 0 Å². The maximum Gasteiger partial charge on any atom is 0.306 e. The minimum atomic E-state index is -0.777. The van der Waals surface area contributed by atoms with Crippen LogP contribution in [0.4, 0.5) is 0 Å². The molecule has 0 fully saturated rings. The minimum absolute atomic E-state index is 0.0772. The van der Waals surface area contributed by atoms with E-state index in [1.165, 1.54) is 109 Å². The number of carbonyl (C=O) groups excluding carboxylic acids is 3. The van der Waals surface area contributed by atoms with Gasteiger partial charge in [0.15, 0.2) is 6.10 Å². The Morgan fingerprint density at radius 3 is 0.984 bits per heavy atom. The smallest absolute Gasteiger partial charge is 0.306 e. The van der Waals surface area contributed by atoms with Gasteiger partial charge in [-0.05, 0) is 64.2 Å². The number of esters is 3. The van der Waals surface area contributed by atoms with Crippen molar-refractivity contribution in [2.45, 2.75) is 264 Å². The van der Waals surface area contributed by atoms with Crippen LogP contribution in [0.15, 0.2) is 60.8 Å². The van der Waals surface area contributed by atoms with Crippen molar-refractivity contribution < 1.29 is 28.6 Å². The van der Waals surface area contributed by atoms with Crippen LogP contribution in [0.3, 0.4) is 0 Å². The molecular weight excluding hydrogens is 769 g/mol. The average Bonchev–Trinajstić information content (AvgIpc) is 3.27. The summed E-state index contributed by atoms with van der Waals surface area (Å²) in [7, 11) is 0. The van der Waals surface area contributed by atoms with Crippen LogP contribution < -0.4 is 0 Å². The van der Waals surface area contributed by atoms with Crippen molar-refractivity contribution in [2.75, 3.05) is 13.2 Å². The first-order valence-corrected chi connectivity index (χ1v) is 26.3. The molecule has 0 spiro atoms. The zero-order valence-corrected chi connectivity index (χ0v) is 40.9. The first-order chi connectivity index (χ1) is 30.5. The van der Waals surface area contributed by atoms with Crippen LogP contribution in [0.5, 0.6) is 0 Å². The van der Waals surface area contributed by atoms with Gasteiger partial charge in [-0.1, -0.05) is 236 Å². The number of rotatable bonds is 47. The van der Waals surface area contributed by atoms with Gasteiger partial charge in [0.25, 0.3) is 0 Å². The Morgan fingerprint density at radius 2 is 0.629 bits per heavy atom. The molecule has 0 aliphatic rings. The summed E-state index contributed by atoms with van der Waals surface area (Å²) in [6, 6.07) is 0. The number of ether oxygens (including phenoxy) is 3. The second kappa shape index (κ2) is 50.8. The molecule has 1 unspecified atom stereocenters. The molecule has 0 saturated carbocycles. The van der Waals surface area contributed by atoms with E-state index in [2.05, 4.69) is 81.5 Å². The molecule has 0 rings (SSSR count). The lowest BCUT2D eigenvalue weighted by Gasteiger charge is -2.18. The van der Waals surface area contributed by atoms with E-state index in [0.29, 0.717) is 19.3 Å². The van der Waals surface area contributed by atoms with E-state index in [-0.39, 0.29) is 31.1 Å². The molecule has 0 aromatic heterocycles. The summed E-state index contributed by atoms with van der Waals surface area (Å²) in [5, 5.41) is 0. The van der Waals surface area contributed by atoms with Crippen molar-refractivity contribution in [3.63, 3.8) is 0 Å². The Labute approximate surface area is 383 Å². The first kappa shape index (κ1) is 59.1. The summed E-state index contributed by atoms with van der Waals surface area (Å²) < 4.78 is 16.8. The third-order valence-electron chi connectivity index (χ3n) is 11.3. The molecule has 0 N–H and O–H groups in total. The van der Waals surface area contributed by atoms with Crippen LogP contribution >= 0.6 is 0 Å². The van der Waals surface area contributed by atoms with Gasteiger partial charge in [0.1, 0.15) is 13.2 Å². The number of hydrogen-bond donors (Lipinski definition) is 0. The van der Waals surface area contributed by atoms with E-state index >= 15 is 0 Å². The highest BCUT2D eigenvalue weighted by molar-refractivity contribution is 5.71. The zero-order chi connectivity index (χ0) is 45.1. The molecule has 0 aromatic rings. The van der Waals surface area contributed by atoms with Gasteiger partial charge in [0, 0.05) is 19.3 Å². The normalized spacial score (nSPS) is 12.5. The largest absolute Gasteiger partial charge is 0.462 e. The highest BCUT2D eigenvalue weighted by atomic mass is 16.6. The average molecular weight is 867 g/mol. The van der Waals surface area contributed by atoms with Crippen molar-refractivity contribution >= 4 is 17.9 Å². The Morgan fingerprint density at radius 1 is 0.339 bits per heavy atom. The van der Waals surface area contributed by atoms with Gasteiger partial charge >= 0.3 is 17.9 Å². The first-order valence-electron chi connectivity index (χ1n) is 26.3. The van der Waals surface area contributed by atoms with Crippen LogP contribution in [-0.2, 0) is 28.6 Å². The molecular formula is C56H98O6. The lowest BCUT2D eigenvalue weighted by Crippen LogP contribution is -2.30. The fourth-order valence-corrected chi connectivity index (χ4v) is 7.35. The Hall–Kier alpha value is -2.89. The predicted molar refractivity (Wildman–Crippen MR) is 265 cm³/mol. The monoisotopic (exact) mass is 867 g/mol. The van der Waals surface area contributed by atoms with Gasteiger partial charge in [-0.2, -0.15) is 0 Å². The summed E-state index contributed by atoms with van der Waals surface area (Å²) in [4.78, 5) is 37.9. The van der Waals surface area contributed by atoms with Crippen molar-refractivity contribution in [3.05, 3.63) is 60.8 Å². The van der Waals surface area contributed by atoms with Gasteiger partial charge in [0.2, 0.25) is 0 Å². The van der Waals surface area contributed by atoms with E-state index in [4.69, 9.17) is 14.2 Å². The predicted octanol–water partition coefficient (Wildman–Crippen LogP) is 17.3. The summed E-state index contributed by atoms with van der Waals surface area (Å²) in [6.45, 7) is 6.51. The summed E-state index contributed by atoms with van der Waals surface area (Å²) in [5.74, 6) is -0.891. The Balaban J connectivity index is 4.34. The molecule has 0 saturated heterocycles. The standard InChI is InChI=1S/C56H98O6/c1-4-7-10-13-16-19-22-24-25-26-27-28-29-30-31-32-35-37-40-43-46-49-55(58)61-52-53(51-60-54(57)48-45-42-39-36-33-21-18-15-12-9-6-3)62-56(59)50-47-44-41-38-34-23-20-17-14-11-8-5-2/h7,10,16,19,24-25,27-28,30-31,53H,4-6,8-9,11-15,17-18,20-23,26,29,32-52H2,1-3H3/b10-7-,19-16-,25-24-,28-27-,31-30-. The molecule has 6 nitrogen and oxygen atoms in total. The van der Waals surface area contributed by atoms with Gasteiger partial charge in [-0.25, -0.2) is 0 Å². The molecule has 0 bridgehead atoms. The van der Waals surface area contributed by atoms with Crippen LogP contribution in [0.1, 0.15) is 258 Å². The topological polar surface area (TPSA) is 78.9 Å². The maximum atomic E-state index is 12.8. The molecule has 0 radical (unpaired) electrons. The molecule has 0 aliphatic carbocycles. The lowest BCUT2D eigenvalue weighted by atomic mass is 10.0. The summed E-state index contributed by atoms with van der Waals surface area (Å²) in [5.41, 5.74) is 0. The third kappa shape index (κ3) is 48.1. The van der Waals surface area contributed by atoms with Gasteiger partial charge in [-0.3, -0.25) is 14.4 Å². The molecule has 358 valence electrons. The molecule has 0 aromatic carbocycles.